The predicted molar refractivity (Wildman–Crippen MR) is 504 cm³/mol. The summed E-state index contributed by atoms with van der Waals surface area (Å²) in [6, 6.07) is 20.3. The summed E-state index contributed by atoms with van der Waals surface area (Å²) in [6.07, 6.45) is 37.8. The number of aromatic amines is 1. The fourth-order valence-corrected chi connectivity index (χ4v) is 14.5. The van der Waals surface area contributed by atoms with Gasteiger partial charge in [0.1, 0.15) is 4.60 Å². The third-order valence-electron chi connectivity index (χ3n) is 21.7. The van der Waals surface area contributed by atoms with E-state index in [0.717, 1.165) is 166 Å². The predicted octanol–water partition coefficient (Wildman–Crippen LogP) is 7.07. The van der Waals surface area contributed by atoms with Crippen LogP contribution in [0.25, 0.3) is 55.7 Å². The third kappa shape index (κ3) is 37.0. The van der Waals surface area contributed by atoms with Crippen LogP contribution in [0.3, 0.4) is 0 Å². The topological polar surface area (TPSA) is 399 Å². The Kier molecular flexibility index (Phi) is 49.7. The molecule has 0 bridgehead atoms. The van der Waals surface area contributed by atoms with Crippen molar-refractivity contribution in [3.8, 4) is 11.3 Å². The number of benzene rings is 2. The van der Waals surface area contributed by atoms with Crippen molar-refractivity contribution >= 4 is 148 Å². The van der Waals surface area contributed by atoms with Crippen molar-refractivity contribution in [1.29, 1.82) is 0 Å². The van der Waals surface area contributed by atoms with Crippen LogP contribution >= 0.6 is 77.0 Å². The zero-order chi connectivity index (χ0) is 91.3. The maximum atomic E-state index is 8.64. The second-order valence-corrected chi connectivity index (χ2v) is 36.5. The summed E-state index contributed by atoms with van der Waals surface area (Å²) in [5, 5.41) is 47.5. The molecule has 17 heterocycles. The average molecular weight is 2400 g/mol. The minimum absolute atomic E-state index is 0. The summed E-state index contributed by atoms with van der Waals surface area (Å²) in [4.78, 5) is 37.7. The van der Waals surface area contributed by atoms with E-state index in [9.17, 15) is 0 Å². The van der Waals surface area contributed by atoms with Crippen LogP contribution in [0.15, 0.2) is 140 Å². The molecule has 19 rings (SSSR count). The van der Waals surface area contributed by atoms with Crippen LogP contribution in [-0.4, -0.2) is 246 Å². The Morgan fingerprint density at radius 2 is 0.992 bits per heavy atom. The fraction of sp³-hybridized carbons (Fsp3) is 0.547. The number of alkyl halides is 1. The summed E-state index contributed by atoms with van der Waals surface area (Å²) in [7, 11) is 0.693. The standard InChI is InChI=1S/C24H24N8O2.C16H27BN2O4.C14H9BrN6.C10H15IN2O2.C7H15BO3.C7H13BrO2.C4H8O.C3H3IN2.CH2O3.2Cs.H/c1-2-10-33-22(5-1)34-11-9-31-16-19(13-27-31)21-14-26-23-24(28-21)32(30-29-23)15-17-6-7-20-18(12-17)4-3-8-25-20;1-15(2)16(3,4)23-17(22-15)13-11-18-19(12-13)8-10-21-14-7-5-6-9-20-14;15-12-7-17-13-14(18-12)21(20-19-13)8-9-3-4-11-10(6-9)2-1-5-16-11;11-9-7-12-13(8-9)4-6-15-10-3-1-2-5-14-10;1-6(2)7(3,4)11-8(9-5)10-6;8-4-6-10-7-3-1-2-5-9-7;1-2-4-5-3-1;4-3-1-5-6-2-3;2-1-4-3;;;/h3-4,6-8,12-14,16,22H,1-2,5,9-11,15H2;11-12,14H,5-10H2,1-4H3;1-7H,8H2;7-8,10H,1-6H2;1-5H3;7H,1-6H2;1-4H2;1-2H,(H,5,6);1,3H;;;/q;;;;;;;;;2*+1;-1/p-1. The van der Waals surface area contributed by atoms with Gasteiger partial charge in [0.15, 0.2) is 36.5 Å². The molecule has 0 amide bonds. The second kappa shape index (κ2) is 58.6. The van der Waals surface area contributed by atoms with E-state index >= 15 is 0 Å². The van der Waals surface area contributed by atoms with Crippen LogP contribution in [-0.2, 0) is 108 Å². The zero-order valence-electron chi connectivity index (χ0n) is 77.4. The van der Waals surface area contributed by atoms with Crippen LogP contribution < -0.4 is 149 Å². The molecule has 7 aliphatic rings. The molecular formula is C86H116B2Br2Cs2I2N20O17. The van der Waals surface area contributed by atoms with Gasteiger partial charge in [0.05, 0.1) is 136 Å². The molecule has 0 aliphatic carbocycles. The number of hydrogen-bond acceptors (Lipinski definition) is 31. The monoisotopic (exact) mass is 2400 g/mol. The molecule has 4 unspecified atom stereocenters. The van der Waals surface area contributed by atoms with Gasteiger partial charge in [-0.05, 0) is 254 Å². The molecule has 131 heavy (non-hydrogen) atoms. The largest absolute Gasteiger partial charge is 1.00 e. The first kappa shape index (κ1) is 111. The molecule has 12 aromatic rings. The molecular weight excluding hydrogens is 2290 g/mol. The Balaban J connectivity index is 0.000000195. The van der Waals surface area contributed by atoms with E-state index in [2.05, 4.69) is 193 Å². The van der Waals surface area contributed by atoms with Gasteiger partial charge < -0.3 is 77.5 Å². The first-order chi connectivity index (χ1) is 62.5. The molecule has 7 aliphatic heterocycles. The van der Waals surface area contributed by atoms with Crippen molar-refractivity contribution in [2.24, 2.45) is 0 Å². The molecule has 0 radical (unpaired) electrons. The summed E-state index contributed by atoms with van der Waals surface area (Å²) in [6.45, 7) is 27.1. The molecule has 698 valence electrons. The minimum Gasteiger partial charge on any atom is -1.00 e. The Morgan fingerprint density at radius 3 is 1.40 bits per heavy atom. The molecule has 7 fully saturated rings. The molecule has 1 N–H and O–H groups in total. The van der Waals surface area contributed by atoms with E-state index in [1.807, 2.05) is 121 Å². The van der Waals surface area contributed by atoms with Gasteiger partial charge in [-0.2, -0.15) is 20.4 Å². The number of aromatic nitrogens is 20. The molecule has 45 heteroatoms. The van der Waals surface area contributed by atoms with E-state index in [4.69, 9.17) is 80.9 Å². The molecule has 4 atom stereocenters. The van der Waals surface area contributed by atoms with E-state index in [1.54, 1.807) is 59.9 Å². The molecule has 0 spiro atoms. The zero-order valence-corrected chi connectivity index (χ0v) is 96.5. The summed E-state index contributed by atoms with van der Waals surface area (Å²) >= 11 is 11.0. The van der Waals surface area contributed by atoms with Gasteiger partial charge in [0.25, 0.3) is 6.47 Å². The maximum absolute atomic E-state index is 8.64. The van der Waals surface area contributed by atoms with Crippen molar-refractivity contribution in [3.63, 3.8) is 0 Å². The summed E-state index contributed by atoms with van der Waals surface area (Å²) in [5.74, 6) is 0. The number of fused-ring (bicyclic) bond motifs is 4. The van der Waals surface area contributed by atoms with E-state index in [0.29, 0.717) is 73.2 Å². The minimum atomic E-state index is -0.514. The number of carbonyl (C=O) groups excluding carboxylic acids is 1. The van der Waals surface area contributed by atoms with Crippen molar-refractivity contribution in [3.05, 3.63) is 158 Å². The van der Waals surface area contributed by atoms with Crippen molar-refractivity contribution < 1.29 is 220 Å². The number of rotatable bonds is 23. The van der Waals surface area contributed by atoms with E-state index in [1.165, 1.54) is 38.5 Å². The van der Waals surface area contributed by atoms with Crippen molar-refractivity contribution in [1.82, 2.24) is 99.4 Å². The number of H-pyrrole nitrogens is 1. The third-order valence-corrected chi connectivity index (χ3v) is 23.5. The van der Waals surface area contributed by atoms with Gasteiger partial charge >= 0.3 is 152 Å². The Bertz CT molecular complexity index is 5230. The fourth-order valence-electron chi connectivity index (χ4n) is 13.3. The number of nitrogens with zero attached hydrogens (tertiary/aromatic N) is 19. The van der Waals surface area contributed by atoms with Crippen LogP contribution in [0.2, 0.25) is 0 Å². The smallest absolute Gasteiger partial charge is 1.00 e. The van der Waals surface area contributed by atoms with E-state index in [-0.39, 0.29) is 200 Å². The Morgan fingerprint density at radius 1 is 0.542 bits per heavy atom. The Hall–Kier alpha value is -3.42. The molecule has 0 saturated carbocycles. The molecule has 37 nitrogen and oxygen atoms in total. The first-order valence-corrected chi connectivity index (χ1v) is 47.4. The van der Waals surface area contributed by atoms with Gasteiger partial charge in [0.2, 0.25) is 11.3 Å². The average Bonchev–Trinajstić information content (AvgIpc) is 1.62. The van der Waals surface area contributed by atoms with Crippen molar-refractivity contribution in [2.45, 2.75) is 226 Å². The summed E-state index contributed by atoms with van der Waals surface area (Å²) < 4.78 is 89.5. The quantitative estimate of drug-likeness (QED) is 0.0167. The number of hydrogen-bond donors (Lipinski definition) is 1. The van der Waals surface area contributed by atoms with Gasteiger partial charge in [0, 0.05) is 117 Å². The van der Waals surface area contributed by atoms with Crippen LogP contribution in [0.4, 0.5) is 0 Å². The van der Waals surface area contributed by atoms with Gasteiger partial charge in [-0.25, -0.2) is 29.3 Å². The van der Waals surface area contributed by atoms with E-state index < -0.39 is 7.32 Å². The number of carbonyl (C=O) groups is 1. The number of ether oxygens (including phenoxy) is 9. The number of pyridine rings is 2. The first-order valence-electron chi connectivity index (χ1n) is 43.3. The Labute approximate surface area is 927 Å². The van der Waals surface area contributed by atoms with Crippen LogP contribution in [0.1, 0.15) is 158 Å². The summed E-state index contributed by atoms with van der Waals surface area (Å²) in [5.41, 5.74) is 7.82. The molecule has 10 aromatic heterocycles. The normalized spacial score (nSPS) is 19.1. The SMILES string of the molecule is BrCCOC1CCCCO1.Brc1cnc2nnn(Cc3ccc4ncccc4c3)c2n1.C1CCOC1.CC1(C)OB(c2cnn(CCOC3CCCCO3)c2)OC1(C)C.COB1OC(C)(C)C(C)(C)O1.Ic1cn[nH]c1.Ic1cnn(CCOC2CCCCO2)c1.O=CO[O-].[Cs+].[Cs+].[H-].c1cnc2ccc(Cn3nnc4ncc(-c5cnn(CCOC6CCCCO6)c5)nc43)cc2c1. The van der Waals surface area contributed by atoms with Gasteiger partial charge in [-0.1, -0.05) is 50.6 Å². The molecule has 7 saturated heterocycles. The number of nitrogens with one attached hydrogen (secondary N) is 1. The second-order valence-electron chi connectivity index (χ2n) is 32.4. The van der Waals surface area contributed by atoms with Crippen LogP contribution in [0, 0.1) is 7.14 Å². The van der Waals surface area contributed by atoms with Gasteiger partial charge in [-0.3, -0.25) is 33.9 Å². The van der Waals surface area contributed by atoms with Gasteiger partial charge in [-0.15, -0.1) is 10.2 Å². The van der Waals surface area contributed by atoms with Crippen molar-refractivity contribution in [2.75, 3.05) is 78.5 Å². The maximum Gasteiger partial charge on any atom is 1.00 e. The van der Waals surface area contributed by atoms with Crippen LogP contribution in [0.5, 0.6) is 0 Å². The molecule has 2 aromatic carbocycles. The number of halogens is 4.